The molecule has 0 aliphatic heterocycles. The molecule has 0 spiro atoms. The Kier molecular flexibility index (Phi) is 7.39. The van der Waals surface area contributed by atoms with Crippen molar-refractivity contribution in [1.29, 1.82) is 0 Å². The molecule has 0 aliphatic rings. The van der Waals surface area contributed by atoms with Crippen molar-refractivity contribution in [2.45, 2.75) is 59.4 Å². The lowest BCUT2D eigenvalue weighted by molar-refractivity contribution is -0.143. The van der Waals surface area contributed by atoms with E-state index in [1.54, 1.807) is 0 Å². The van der Waals surface area contributed by atoms with E-state index in [-0.39, 0.29) is 11.5 Å². The summed E-state index contributed by atoms with van der Waals surface area (Å²) in [7, 11) is 0. The molecule has 16 heavy (non-hydrogen) atoms. The molecule has 0 atom stereocenters. The van der Waals surface area contributed by atoms with Crippen molar-refractivity contribution in [3.63, 3.8) is 0 Å². The highest BCUT2D eigenvalue weighted by Gasteiger charge is 2.09. The highest BCUT2D eigenvalue weighted by molar-refractivity contribution is 5.69. The molecule has 0 radical (unpaired) electrons. The van der Waals surface area contributed by atoms with Crippen molar-refractivity contribution >= 4 is 5.97 Å². The first-order valence-electron chi connectivity index (χ1n) is 6.22. The molecule has 0 aromatic carbocycles. The largest absolute Gasteiger partial charge is 0.466 e. The van der Waals surface area contributed by atoms with E-state index < -0.39 is 0 Å². The third kappa shape index (κ3) is 11.5. The number of carbonyl (C=O) groups is 1. The van der Waals surface area contributed by atoms with Crippen molar-refractivity contribution in [2.75, 3.05) is 13.2 Å². The van der Waals surface area contributed by atoms with Crippen molar-refractivity contribution in [3.05, 3.63) is 0 Å². The Bertz CT molecular complexity index is 195. The van der Waals surface area contributed by atoms with Gasteiger partial charge in [-0.2, -0.15) is 0 Å². The zero-order chi connectivity index (χ0) is 12.6. The molecule has 0 heterocycles. The van der Waals surface area contributed by atoms with Gasteiger partial charge < -0.3 is 10.1 Å². The predicted octanol–water partition coefficient (Wildman–Crippen LogP) is 2.74. The summed E-state index contributed by atoms with van der Waals surface area (Å²) in [5, 5.41) is 3.26. The molecule has 1 N–H and O–H groups in total. The van der Waals surface area contributed by atoms with Crippen LogP contribution in [0.1, 0.15) is 53.9 Å². The number of carbonyl (C=O) groups excluding carboxylic acids is 1. The normalized spacial score (nSPS) is 11.9. The molecule has 0 aromatic heterocycles. The number of hydrogen-bond donors (Lipinski definition) is 1. The van der Waals surface area contributed by atoms with Crippen LogP contribution >= 0.6 is 0 Å². The van der Waals surface area contributed by atoms with Crippen LogP contribution in [-0.4, -0.2) is 24.7 Å². The van der Waals surface area contributed by atoms with E-state index in [9.17, 15) is 4.79 Å². The van der Waals surface area contributed by atoms with Gasteiger partial charge in [0.15, 0.2) is 0 Å². The molecule has 0 rings (SSSR count). The van der Waals surface area contributed by atoms with Crippen LogP contribution in [0.25, 0.3) is 0 Å². The van der Waals surface area contributed by atoms with Gasteiger partial charge in [-0.05, 0) is 39.5 Å². The van der Waals surface area contributed by atoms with Crippen LogP contribution < -0.4 is 5.32 Å². The number of ether oxygens (including phenoxy) is 1. The number of esters is 1. The van der Waals surface area contributed by atoms with Crippen molar-refractivity contribution < 1.29 is 9.53 Å². The fraction of sp³-hybridized carbons (Fsp3) is 0.923. The van der Waals surface area contributed by atoms with Gasteiger partial charge in [-0.15, -0.1) is 0 Å². The summed E-state index contributed by atoms with van der Waals surface area (Å²) in [6, 6.07) is 0. The molecule has 0 aliphatic carbocycles. The van der Waals surface area contributed by atoms with E-state index in [2.05, 4.69) is 39.9 Å². The number of nitrogens with one attached hydrogen (secondary N) is 1. The van der Waals surface area contributed by atoms with Crippen molar-refractivity contribution in [1.82, 2.24) is 5.32 Å². The summed E-state index contributed by atoms with van der Waals surface area (Å²) < 4.78 is 5.13. The highest BCUT2D eigenvalue weighted by atomic mass is 16.5. The van der Waals surface area contributed by atoms with Crippen molar-refractivity contribution in [3.8, 4) is 0 Å². The van der Waals surface area contributed by atoms with Crippen LogP contribution in [0.5, 0.6) is 0 Å². The summed E-state index contributed by atoms with van der Waals surface area (Å²) in [6.45, 7) is 11.9. The molecular formula is C13H27NO2. The van der Waals surface area contributed by atoms with Gasteiger partial charge in [-0.3, -0.25) is 4.79 Å². The van der Waals surface area contributed by atoms with Crippen LogP contribution in [-0.2, 0) is 9.53 Å². The van der Waals surface area contributed by atoms with Crippen LogP contribution in [0.4, 0.5) is 0 Å². The van der Waals surface area contributed by atoms with E-state index in [4.69, 9.17) is 4.74 Å². The molecule has 3 heteroatoms. The van der Waals surface area contributed by atoms with Gasteiger partial charge in [0.25, 0.3) is 0 Å². The van der Waals surface area contributed by atoms with Gasteiger partial charge >= 0.3 is 5.97 Å². The molecule has 0 unspecified atom stereocenters. The van der Waals surface area contributed by atoms with Crippen LogP contribution in [0.2, 0.25) is 0 Å². The third-order valence-electron chi connectivity index (χ3n) is 2.17. The van der Waals surface area contributed by atoms with E-state index >= 15 is 0 Å². The lowest BCUT2D eigenvalue weighted by Gasteiger charge is -2.19. The molecular weight excluding hydrogens is 202 g/mol. The average molecular weight is 229 g/mol. The Hall–Kier alpha value is -0.570. The molecule has 3 nitrogen and oxygen atoms in total. The second kappa shape index (κ2) is 7.66. The van der Waals surface area contributed by atoms with Crippen LogP contribution in [0.15, 0.2) is 0 Å². The quantitative estimate of drug-likeness (QED) is 0.539. The van der Waals surface area contributed by atoms with Gasteiger partial charge in [-0.1, -0.05) is 13.8 Å². The van der Waals surface area contributed by atoms with Crippen LogP contribution in [0, 0.1) is 5.92 Å². The standard InChI is InChI=1S/C13H27NO2/c1-11(2)7-6-10-16-12(15)8-9-14-13(3,4)5/h11,14H,6-10H2,1-5H3. The summed E-state index contributed by atoms with van der Waals surface area (Å²) in [5.41, 5.74) is 0.0674. The first kappa shape index (κ1) is 15.4. The highest BCUT2D eigenvalue weighted by Crippen LogP contribution is 2.03. The summed E-state index contributed by atoms with van der Waals surface area (Å²) >= 11 is 0. The molecule has 0 saturated carbocycles. The van der Waals surface area contributed by atoms with Gasteiger partial charge in [0.1, 0.15) is 0 Å². The summed E-state index contributed by atoms with van der Waals surface area (Å²) in [5.74, 6) is 0.585. The first-order valence-corrected chi connectivity index (χ1v) is 6.22. The second-order valence-electron chi connectivity index (χ2n) is 5.68. The molecule has 0 fully saturated rings. The maximum Gasteiger partial charge on any atom is 0.307 e. The Morgan fingerprint density at radius 1 is 1.31 bits per heavy atom. The maximum absolute atomic E-state index is 11.3. The van der Waals surface area contributed by atoms with E-state index in [1.807, 2.05) is 0 Å². The zero-order valence-corrected chi connectivity index (χ0v) is 11.4. The lowest BCUT2D eigenvalue weighted by atomic mass is 10.1. The molecule has 96 valence electrons. The summed E-state index contributed by atoms with van der Waals surface area (Å²) in [4.78, 5) is 11.3. The van der Waals surface area contributed by atoms with Crippen molar-refractivity contribution in [2.24, 2.45) is 5.92 Å². The van der Waals surface area contributed by atoms with Gasteiger partial charge in [-0.25, -0.2) is 0 Å². The van der Waals surface area contributed by atoms with E-state index in [0.717, 1.165) is 12.8 Å². The first-order chi connectivity index (χ1) is 7.31. The number of hydrogen-bond acceptors (Lipinski definition) is 3. The topological polar surface area (TPSA) is 38.3 Å². The minimum atomic E-state index is -0.0968. The second-order valence-corrected chi connectivity index (χ2v) is 5.68. The third-order valence-corrected chi connectivity index (χ3v) is 2.17. The minimum Gasteiger partial charge on any atom is -0.466 e. The molecule has 0 aromatic rings. The van der Waals surface area contributed by atoms with Gasteiger partial charge in [0, 0.05) is 12.1 Å². The van der Waals surface area contributed by atoms with E-state index in [1.165, 1.54) is 0 Å². The Labute approximate surface area is 99.9 Å². The lowest BCUT2D eigenvalue weighted by Crippen LogP contribution is -2.37. The van der Waals surface area contributed by atoms with E-state index in [0.29, 0.717) is 25.5 Å². The Morgan fingerprint density at radius 3 is 2.44 bits per heavy atom. The van der Waals surface area contributed by atoms with Crippen LogP contribution in [0.3, 0.4) is 0 Å². The SMILES string of the molecule is CC(C)CCCOC(=O)CCNC(C)(C)C. The smallest absolute Gasteiger partial charge is 0.307 e. The molecule has 0 saturated heterocycles. The van der Waals surface area contributed by atoms with Gasteiger partial charge in [0.2, 0.25) is 0 Å². The monoisotopic (exact) mass is 229 g/mol. The van der Waals surface area contributed by atoms with Gasteiger partial charge in [0.05, 0.1) is 13.0 Å². The average Bonchev–Trinajstić information content (AvgIpc) is 2.10. The zero-order valence-electron chi connectivity index (χ0n) is 11.4. The fourth-order valence-corrected chi connectivity index (χ4v) is 1.29. The fourth-order valence-electron chi connectivity index (χ4n) is 1.29. The number of rotatable bonds is 7. The summed E-state index contributed by atoms with van der Waals surface area (Å²) in [6.07, 6.45) is 2.54. The molecule has 0 bridgehead atoms. The maximum atomic E-state index is 11.3. The predicted molar refractivity (Wildman–Crippen MR) is 67.4 cm³/mol. The Balaban J connectivity index is 3.39. The molecule has 0 amide bonds. The Morgan fingerprint density at radius 2 is 1.94 bits per heavy atom. The minimum absolute atomic E-state index is 0.0674.